The lowest BCUT2D eigenvalue weighted by Crippen LogP contribution is -2.41. The molecule has 1 aromatic carbocycles. The molecule has 0 radical (unpaired) electrons. The Morgan fingerprint density at radius 3 is 2.75 bits per heavy atom. The number of fused-ring (bicyclic) bond motifs is 1. The van der Waals surface area contributed by atoms with Crippen molar-refractivity contribution in [1.82, 2.24) is 9.80 Å². The fourth-order valence-electron chi connectivity index (χ4n) is 2.99. The van der Waals surface area contributed by atoms with Crippen LogP contribution in [0, 0.1) is 0 Å². The van der Waals surface area contributed by atoms with Gasteiger partial charge in [0.25, 0.3) is 0 Å². The summed E-state index contributed by atoms with van der Waals surface area (Å²) in [5.74, 6) is 0. The van der Waals surface area contributed by atoms with Gasteiger partial charge in [0, 0.05) is 25.2 Å². The molecule has 1 aromatic rings. The first-order chi connectivity index (χ1) is 9.75. The highest BCUT2D eigenvalue weighted by Crippen LogP contribution is 2.31. The number of rotatable bonds is 3. The van der Waals surface area contributed by atoms with Gasteiger partial charge in [-0.1, -0.05) is 24.3 Å². The molecule has 5 heteroatoms. The van der Waals surface area contributed by atoms with Gasteiger partial charge in [-0.15, -0.1) is 0 Å². The van der Waals surface area contributed by atoms with E-state index in [1.54, 1.807) is 0 Å². The lowest BCUT2D eigenvalue weighted by Gasteiger charge is -2.35. The summed E-state index contributed by atoms with van der Waals surface area (Å²) in [6.07, 6.45) is 1.77. The summed E-state index contributed by atoms with van der Waals surface area (Å²) in [7, 11) is 0. The summed E-state index contributed by atoms with van der Waals surface area (Å²) in [5, 5.41) is 9.36. The van der Waals surface area contributed by atoms with Crippen LogP contribution in [-0.4, -0.2) is 47.4 Å². The van der Waals surface area contributed by atoms with Crippen molar-refractivity contribution in [2.24, 2.45) is 0 Å². The number of hydrogen-bond acceptors (Lipinski definition) is 3. The highest BCUT2D eigenvalue weighted by molar-refractivity contribution is 5.66. The maximum Gasteiger partial charge on any atom is 0.409 e. The van der Waals surface area contributed by atoms with E-state index in [0.29, 0.717) is 13.3 Å². The number of nitrogens with zero attached hydrogens (tertiary/aromatic N) is 2. The van der Waals surface area contributed by atoms with Gasteiger partial charge in [0.2, 0.25) is 0 Å². The van der Waals surface area contributed by atoms with Crippen molar-refractivity contribution in [2.75, 3.05) is 26.4 Å². The van der Waals surface area contributed by atoms with E-state index >= 15 is 0 Å². The summed E-state index contributed by atoms with van der Waals surface area (Å²) >= 11 is 0. The van der Waals surface area contributed by atoms with Gasteiger partial charge in [0.05, 0.1) is 0 Å². The Hall–Kier alpha value is -1.59. The standard InChI is InChI=1S/C15H20N2O3/c18-15(19)17-10-7-12-5-1-2-6-13(12)14(17)20-11-16-8-3-4-9-16/h1-2,5-6,14H,3-4,7-11H2,(H,18,19). The van der Waals surface area contributed by atoms with E-state index in [0.717, 1.165) is 25.1 Å². The van der Waals surface area contributed by atoms with Crippen LogP contribution in [0.1, 0.15) is 30.2 Å². The summed E-state index contributed by atoms with van der Waals surface area (Å²) in [4.78, 5) is 15.0. The zero-order valence-electron chi connectivity index (χ0n) is 11.5. The minimum absolute atomic E-state index is 0.474. The number of carbonyl (C=O) groups is 1. The molecule has 0 aliphatic carbocycles. The highest BCUT2D eigenvalue weighted by Gasteiger charge is 2.31. The highest BCUT2D eigenvalue weighted by atomic mass is 16.5. The average molecular weight is 276 g/mol. The van der Waals surface area contributed by atoms with Crippen LogP contribution >= 0.6 is 0 Å². The molecule has 0 spiro atoms. The molecular weight excluding hydrogens is 256 g/mol. The monoisotopic (exact) mass is 276 g/mol. The number of ether oxygens (including phenoxy) is 1. The molecule has 2 heterocycles. The number of likely N-dealkylation sites (tertiary alicyclic amines) is 1. The summed E-state index contributed by atoms with van der Waals surface area (Å²) in [6.45, 7) is 3.09. The summed E-state index contributed by atoms with van der Waals surface area (Å²) in [6, 6.07) is 7.96. The van der Waals surface area contributed by atoms with Crippen LogP contribution in [0.15, 0.2) is 24.3 Å². The van der Waals surface area contributed by atoms with E-state index in [1.807, 2.05) is 18.2 Å². The molecule has 2 aliphatic heterocycles. The molecule has 0 saturated carbocycles. The van der Waals surface area contributed by atoms with Crippen molar-refractivity contribution in [3.05, 3.63) is 35.4 Å². The molecule has 1 fully saturated rings. The number of carboxylic acid groups (broad SMARTS) is 1. The Morgan fingerprint density at radius 1 is 1.25 bits per heavy atom. The molecule has 0 aromatic heterocycles. The van der Waals surface area contributed by atoms with Crippen LogP contribution < -0.4 is 0 Å². The topological polar surface area (TPSA) is 53.0 Å². The van der Waals surface area contributed by atoms with Crippen LogP contribution in [0.3, 0.4) is 0 Å². The first-order valence-corrected chi connectivity index (χ1v) is 7.17. The van der Waals surface area contributed by atoms with E-state index in [-0.39, 0.29) is 0 Å². The van der Waals surface area contributed by atoms with Crippen LogP contribution in [0.2, 0.25) is 0 Å². The second-order valence-electron chi connectivity index (χ2n) is 5.40. The predicted molar refractivity (Wildman–Crippen MR) is 74.4 cm³/mol. The van der Waals surface area contributed by atoms with E-state index in [9.17, 15) is 9.90 Å². The lowest BCUT2D eigenvalue weighted by atomic mass is 9.98. The minimum Gasteiger partial charge on any atom is -0.465 e. The predicted octanol–water partition coefficient (Wildman–Crippen LogP) is 2.29. The molecule has 1 amide bonds. The zero-order valence-corrected chi connectivity index (χ0v) is 11.5. The largest absolute Gasteiger partial charge is 0.465 e. The Balaban J connectivity index is 1.77. The Kier molecular flexibility index (Phi) is 3.89. The molecule has 5 nitrogen and oxygen atoms in total. The number of amides is 1. The molecule has 0 bridgehead atoms. The Morgan fingerprint density at radius 2 is 2.00 bits per heavy atom. The Labute approximate surface area is 118 Å². The third-order valence-corrected chi connectivity index (χ3v) is 4.09. The molecule has 2 aliphatic rings. The third-order valence-electron chi connectivity index (χ3n) is 4.09. The maximum atomic E-state index is 11.4. The molecule has 1 N–H and O–H groups in total. The zero-order chi connectivity index (χ0) is 13.9. The first-order valence-electron chi connectivity index (χ1n) is 7.17. The average Bonchev–Trinajstić information content (AvgIpc) is 2.97. The molecule has 20 heavy (non-hydrogen) atoms. The van der Waals surface area contributed by atoms with E-state index < -0.39 is 12.3 Å². The van der Waals surface area contributed by atoms with Gasteiger partial charge in [0.1, 0.15) is 6.73 Å². The van der Waals surface area contributed by atoms with Crippen molar-refractivity contribution in [2.45, 2.75) is 25.5 Å². The second kappa shape index (κ2) is 5.81. The second-order valence-corrected chi connectivity index (χ2v) is 5.40. The smallest absolute Gasteiger partial charge is 0.409 e. The fraction of sp³-hybridized carbons (Fsp3) is 0.533. The van der Waals surface area contributed by atoms with Crippen molar-refractivity contribution in [1.29, 1.82) is 0 Å². The lowest BCUT2D eigenvalue weighted by molar-refractivity contribution is -0.0915. The minimum atomic E-state index is -0.911. The van der Waals surface area contributed by atoms with Crippen LogP contribution in [-0.2, 0) is 11.2 Å². The molecule has 108 valence electrons. The van der Waals surface area contributed by atoms with E-state index in [2.05, 4.69) is 11.0 Å². The van der Waals surface area contributed by atoms with Gasteiger partial charge in [0.15, 0.2) is 6.23 Å². The quantitative estimate of drug-likeness (QED) is 0.920. The SMILES string of the molecule is O=C(O)N1CCc2ccccc2C1OCN1CCCC1. The van der Waals surface area contributed by atoms with Gasteiger partial charge in [-0.2, -0.15) is 0 Å². The van der Waals surface area contributed by atoms with Gasteiger partial charge in [-0.25, -0.2) is 4.79 Å². The summed E-state index contributed by atoms with van der Waals surface area (Å²) < 4.78 is 5.94. The van der Waals surface area contributed by atoms with Crippen LogP contribution in [0.5, 0.6) is 0 Å². The fourth-order valence-corrected chi connectivity index (χ4v) is 2.99. The first kappa shape index (κ1) is 13.4. The number of benzene rings is 1. The molecule has 1 unspecified atom stereocenters. The van der Waals surface area contributed by atoms with Crippen molar-refractivity contribution >= 4 is 6.09 Å². The number of hydrogen-bond donors (Lipinski definition) is 1. The molecule has 1 saturated heterocycles. The molecular formula is C15H20N2O3. The maximum absolute atomic E-state index is 11.4. The summed E-state index contributed by atoms with van der Waals surface area (Å²) in [5.41, 5.74) is 2.18. The normalized spacial score (nSPS) is 22.8. The molecule has 3 rings (SSSR count). The Bertz CT molecular complexity index is 486. The van der Waals surface area contributed by atoms with Gasteiger partial charge < -0.3 is 9.84 Å². The van der Waals surface area contributed by atoms with Crippen molar-refractivity contribution in [3.8, 4) is 0 Å². The van der Waals surface area contributed by atoms with Crippen LogP contribution in [0.25, 0.3) is 0 Å². The van der Waals surface area contributed by atoms with Gasteiger partial charge in [-0.3, -0.25) is 9.80 Å². The molecule has 1 atom stereocenters. The van der Waals surface area contributed by atoms with Gasteiger partial charge >= 0.3 is 6.09 Å². The van der Waals surface area contributed by atoms with Gasteiger partial charge in [-0.05, 0) is 24.8 Å². The van der Waals surface area contributed by atoms with Crippen molar-refractivity contribution < 1.29 is 14.6 Å². The van der Waals surface area contributed by atoms with Crippen molar-refractivity contribution in [3.63, 3.8) is 0 Å². The van der Waals surface area contributed by atoms with E-state index in [4.69, 9.17) is 4.74 Å². The van der Waals surface area contributed by atoms with Crippen LogP contribution in [0.4, 0.5) is 4.79 Å². The van der Waals surface area contributed by atoms with E-state index in [1.165, 1.54) is 23.3 Å². The third kappa shape index (κ3) is 2.64.